The standard InChI is InChI=1S/C19H17ClN2O4S/c1-26-15-7-5-13(6-8-15)21-17(23)11-27-16-10-18(24)22(19(16)25)14-4-2-3-12(20)9-14/h2-9,16H,10-11H2,1H3,(H,21,23)/t16-/m1/s1. The normalized spacial score (nSPS) is 16.5. The third-order valence-corrected chi connectivity index (χ3v) is 5.40. The Morgan fingerprint density at radius 1 is 1.26 bits per heavy atom. The lowest BCUT2D eigenvalue weighted by atomic mass is 10.3. The molecule has 1 heterocycles. The minimum atomic E-state index is -0.585. The van der Waals surface area contributed by atoms with Crippen molar-refractivity contribution in [3.05, 3.63) is 53.6 Å². The molecular weight excluding hydrogens is 388 g/mol. The molecule has 1 saturated heterocycles. The molecule has 1 aliphatic rings. The number of anilines is 2. The lowest BCUT2D eigenvalue weighted by molar-refractivity contribution is -0.121. The smallest absolute Gasteiger partial charge is 0.247 e. The molecule has 6 nitrogen and oxygen atoms in total. The van der Waals surface area contributed by atoms with E-state index in [1.165, 1.54) is 0 Å². The van der Waals surface area contributed by atoms with Crippen LogP contribution in [0.15, 0.2) is 48.5 Å². The Kier molecular flexibility index (Phi) is 6.03. The predicted octanol–water partition coefficient (Wildman–Crippen LogP) is 3.35. The van der Waals surface area contributed by atoms with Gasteiger partial charge in [-0.2, -0.15) is 0 Å². The number of rotatable bonds is 6. The van der Waals surface area contributed by atoms with E-state index in [-0.39, 0.29) is 29.9 Å². The van der Waals surface area contributed by atoms with Crippen molar-refractivity contribution in [3.63, 3.8) is 0 Å². The third kappa shape index (κ3) is 4.61. The van der Waals surface area contributed by atoms with Gasteiger partial charge in [0.1, 0.15) is 5.75 Å². The SMILES string of the molecule is COc1ccc(NC(=O)CS[C@@H]2CC(=O)N(c3cccc(Cl)c3)C2=O)cc1. The fraction of sp³-hybridized carbons (Fsp3) is 0.211. The van der Waals surface area contributed by atoms with Crippen LogP contribution >= 0.6 is 23.4 Å². The number of halogens is 1. The molecular formula is C19H17ClN2O4S. The highest BCUT2D eigenvalue weighted by Crippen LogP contribution is 2.31. The summed E-state index contributed by atoms with van der Waals surface area (Å²) in [7, 11) is 1.57. The molecule has 2 aromatic carbocycles. The Hall–Kier alpha value is -2.51. The number of benzene rings is 2. The lowest BCUT2D eigenvalue weighted by Crippen LogP contribution is -2.31. The molecule has 0 bridgehead atoms. The van der Waals surface area contributed by atoms with Crippen molar-refractivity contribution >= 4 is 52.5 Å². The molecule has 1 N–H and O–H groups in total. The summed E-state index contributed by atoms with van der Waals surface area (Å²) in [6.07, 6.45) is 0.0613. The Bertz CT molecular complexity index is 872. The van der Waals surface area contributed by atoms with Crippen molar-refractivity contribution in [3.8, 4) is 5.75 Å². The number of carbonyl (C=O) groups is 3. The van der Waals surface area contributed by atoms with Gasteiger partial charge in [-0.15, -0.1) is 11.8 Å². The Morgan fingerprint density at radius 2 is 2.00 bits per heavy atom. The maximum absolute atomic E-state index is 12.6. The number of hydrogen-bond acceptors (Lipinski definition) is 5. The minimum Gasteiger partial charge on any atom is -0.497 e. The number of carbonyl (C=O) groups excluding carboxylic acids is 3. The molecule has 0 aliphatic carbocycles. The lowest BCUT2D eigenvalue weighted by Gasteiger charge is -2.15. The number of amides is 3. The van der Waals surface area contributed by atoms with Crippen LogP contribution in [0.2, 0.25) is 5.02 Å². The highest BCUT2D eigenvalue weighted by Gasteiger charge is 2.40. The molecule has 1 atom stereocenters. The minimum absolute atomic E-state index is 0.0613. The van der Waals surface area contributed by atoms with Crippen LogP contribution in [-0.2, 0) is 14.4 Å². The average molecular weight is 405 g/mol. The molecule has 1 aliphatic heterocycles. The van der Waals surface area contributed by atoms with E-state index >= 15 is 0 Å². The van der Waals surface area contributed by atoms with Crippen molar-refractivity contribution in [1.29, 1.82) is 0 Å². The molecule has 3 rings (SSSR count). The quantitative estimate of drug-likeness (QED) is 0.747. The molecule has 8 heteroatoms. The number of ether oxygens (including phenoxy) is 1. The maximum Gasteiger partial charge on any atom is 0.247 e. The van der Waals surface area contributed by atoms with Gasteiger partial charge in [0.25, 0.3) is 0 Å². The summed E-state index contributed by atoms with van der Waals surface area (Å²) >= 11 is 7.09. The molecule has 2 aromatic rings. The fourth-order valence-electron chi connectivity index (χ4n) is 2.67. The third-order valence-electron chi connectivity index (χ3n) is 3.96. The van der Waals surface area contributed by atoms with Gasteiger partial charge >= 0.3 is 0 Å². The Labute approximate surface area is 165 Å². The van der Waals surface area contributed by atoms with Gasteiger partial charge in [-0.3, -0.25) is 14.4 Å². The van der Waals surface area contributed by atoms with Crippen molar-refractivity contribution in [2.24, 2.45) is 0 Å². The zero-order valence-corrected chi connectivity index (χ0v) is 16.0. The van der Waals surface area contributed by atoms with Gasteiger partial charge in [-0.25, -0.2) is 4.90 Å². The van der Waals surface area contributed by atoms with Gasteiger partial charge in [0.15, 0.2) is 0 Å². The zero-order valence-electron chi connectivity index (χ0n) is 14.5. The number of nitrogens with one attached hydrogen (secondary N) is 1. The van der Waals surface area contributed by atoms with Gasteiger partial charge < -0.3 is 10.1 Å². The van der Waals surface area contributed by atoms with E-state index in [2.05, 4.69) is 5.32 Å². The summed E-state index contributed by atoms with van der Waals surface area (Å²) in [4.78, 5) is 38.1. The summed E-state index contributed by atoms with van der Waals surface area (Å²) in [5.41, 5.74) is 1.08. The summed E-state index contributed by atoms with van der Waals surface area (Å²) in [5, 5.41) is 2.61. The summed E-state index contributed by atoms with van der Waals surface area (Å²) in [5.74, 6) is -0.107. The van der Waals surface area contributed by atoms with Gasteiger partial charge in [-0.05, 0) is 42.5 Å². The average Bonchev–Trinajstić information content (AvgIpc) is 2.94. The number of methoxy groups -OCH3 is 1. The van der Waals surface area contributed by atoms with Gasteiger partial charge in [0.2, 0.25) is 17.7 Å². The van der Waals surface area contributed by atoms with E-state index in [4.69, 9.17) is 16.3 Å². The molecule has 0 unspecified atom stereocenters. The van der Waals surface area contributed by atoms with Gasteiger partial charge in [0, 0.05) is 17.1 Å². The summed E-state index contributed by atoms with van der Waals surface area (Å²) < 4.78 is 5.07. The van der Waals surface area contributed by atoms with E-state index in [0.717, 1.165) is 16.7 Å². The molecule has 0 aromatic heterocycles. The molecule has 3 amide bonds. The van der Waals surface area contributed by atoms with Gasteiger partial charge in [-0.1, -0.05) is 17.7 Å². The number of imide groups is 1. The maximum atomic E-state index is 12.6. The largest absolute Gasteiger partial charge is 0.497 e. The second-order valence-corrected chi connectivity index (χ2v) is 7.46. The molecule has 1 fully saturated rings. The second kappa shape index (κ2) is 8.45. The first-order chi connectivity index (χ1) is 13.0. The van der Waals surface area contributed by atoms with Crippen molar-refractivity contribution < 1.29 is 19.1 Å². The van der Waals surface area contributed by atoms with E-state index in [0.29, 0.717) is 22.1 Å². The van der Waals surface area contributed by atoms with E-state index < -0.39 is 5.25 Å². The van der Waals surface area contributed by atoms with Crippen LogP contribution in [0.4, 0.5) is 11.4 Å². The van der Waals surface area contributed by atoms with Crippen LogP contribution in [0.1, 0.15) is 6.42 Å². The first-order valence-corrected chi connectivity index (χ1v) is 9.58. The van der Waals surface area contributed by atoms with Gasteiger partial charge in [0.05, 0.1) is 23.8 Å². The second-order valence-electron chi connectivity index (χ2n) is 5.83. The Balaban J connectivity index is 1.57. The monoisotopic (exact) mass is 404 g/mol. The zero-order chi connectivity index (χ0) is 19.4. The summed E-state index contributed by atoms with van der Waals surface area (Å²) in [6, 6.07) is 13.5. The molecule has 0 radical (unpaired) electrons. The first kappa shape index (κ1) is 19.3. The first-order valence-electron chi connectivity index (χ1n) is 8.16. The molecule has 140 valence electrons. The van der Waals surface area contributed by atoms with Crippen LogP contribution in [0, 0.1) is 0 Å². The number of hydrogen-bond donors (Lipinski definition) is 1. The number of thioether (sulfide) groups is 1. The predicted molar refractivity (Wildman–Crippen MR) is 106 cm³/mol. The topological polar surface area (TPSA) is 75.7 Å². The molecule has 0 saturated carbocycles. The van der Waals surface area contributed by atoms with Crippen molar-refractivity contribution in [1.82, 2.24) is 0 Å². The molecule has 0 spiro atoms. The van der Waals surface area contributed by atoms with Crippen LogP contribution in [0.5, 0.6) is 5.75 Å². The van der Waals surface area contributed by atoms with Crippen LogP contribution in [0.25, 0.3) is 0 Å². The van der Waals surface area contributed by atoms with Crippen LogP contribution < -0.4 is 15.0 Å². The van der Waals surface area contributed by atoms with Crippen molar-refractivity contribution in [2.45, 2.75) is 11.7 Å². The van der Waals surface area contributed by atoms with E-state index in [9.17, 15) is 14.4 Å². The Morgan fingerprint density at radius 3 is 2.67 bits per heavy atom. The highest BCUT2D eigenvalue weighted by molar-refractivity contribution is 8.01. The summed E-state index contributed by atoms with van der Waals surface area (Å²) in [6.45, 7) is 0. The highest BCUT2D eigenvalue weighted by atomic mass is 35.5. The van der Waals surface area contributed by atoms with E-state index in [1.54, 1.807) is 55.6 Å². The van der Waals surface area contributed by atoms with Crippen LogP contribution in [-0.4, -0.2) is 35.8 Å². The molecule has 27 heavy (non-hydrogen) atoms. The van der Waals surface area contributed by atoms with Crippen LogP contribution in [0.3, 0.4) is 0 Å². The number of nitrogens with zero attached hydrogens (tertiary/aromatic N) is 1. The van der Waals surface area contributed by atoms with Crippen molar-refractivity contribution in [2.75, 3.05) is 23.1 Å². The van der Waals surface area contributed by atoms with E-state index in [1.807, 2.05) is 0 Å². The fourth-order valence-corrected chi connectivity index (χ4v) is 3.79.